The number of hydrogen-bond donors (Lipinski definition) is 3. The molecular weight excluding hydrogens is 470 g/mol. The van der Waals surface area contributed by atoms with Crippen LogP contribution in [0.3, 0.4) is 0 Å². The molecule has 1 fully saturated rings. The number of H-pyrrole nitrogens is 1. The van der Waals surface area contributed by atoms with Crippen molar-refractivity contribution < 1.29 is 0 Å². The van der Waals surface area contributed by atoms with Crippen molar-refractivity contribution in [3.8, 4) is 5.82 Å². The molecule has 5 rings (SSSR count). The second-order valence-corrected chi connectivity index (χ2v) is 7.91. The van der Waals surface area contributed by atoms with Crippen LogP contribution in [0.15, 0.2) is 24.8 Å². The van der Waals surface area contributed by atoms with E-state index in [-0.39, 0.29) is 30.9 Å². The minimum absolute atomic E-state index is 0. The van der Waals surface area contributed by atoms with Gasteiger partial charge in [0.15, 0.2) is 11.5 Å². The van der Waals surface area contributed by atoms with Gasteiger partial charge in [-0.15, -0.1) is 24.8 Å². The third-order valence-corrected chi connectivity index (χ3v) is 5.91. The van der Waals surface area contributed by atoms with Gasteiger partial charge in [-0.2, -0.15) is 9.97 Å². The molecule has 0 amide bonds. The number of anilines is 1. The van der Waals surface area contributed by atoms with E-state index >= 15 is 0 Å². The van der Waals surface area contributed by atoms with Crippen LogP contribution >= 0.6 is 48.0 Å². The van der Waals surface area contributed by atoms with Crippen LogP contribution < -0.4 is 11.1 Å². The van der Waals surface area contributed by atoms with E-state index in [9.17, 15) is 0 Å². The average Bonchev–Trinajstić information content (AvgIpc) is 3.30. The van der Waals surface area contributed by atoms with E-state index in [1.54, 1.807) is 24.8 Å². The van der Waals surface area contributed by atoms with E-state index in [4.69, 9.17) is 33.9 Å². The van der Waals surface area contributed by atoms with Crippen LogP contribution in [0.1, 0.15) is 25.7 Å². The summed E-state index contributed by atoms with van der Waals surface area (Å²) in [6.07, 6.45) is 7.31. The SMILES string of the molecule is Cl.Cl.NC1CCC(Nc2nc(-n3cnc4cc(Cl)c(Cl)cc43)c3[nH]cnc3n2)CC1. The van der Waals surface area contributed by atoms with E-state index < -0.39 is 0 Å². The predicted molar refractivity (Wildman–Crippen MR) is 125 cm³/mol. The number of nitrogens with one attached hydrogen (secondary N) is 2. The molecule has 160 valence electrons. The number of hydrogen-bond acceptors (Lipinski definition) is 6. The van der Waals surface area contributed by atoms with Gasteiger partial charge in [0.05, 0.1) is 27.4 Å². The lowest BCUT2D eigenvalue weighted by Gasteiger charge is -2.26. The van der Waals surface area contributed by atoms with Crippen molar-refractivity contribution in [1.82, 2.24) is 29.5 Å². The van der Waals surface area contributed by atoms with Crippen molar-refractivity contribution in [2.45, 2.75) is 37.8 Å². The summed E-state index contributed by atoms with van der Waals surface area (Å²) in [6.45, 7) is 0. The molecule has 0 spiro atoms. The van der Waals surface area contributed by atoms with Gasteiger partial charge in [-0.3, -0.25) is 4.57 Å². The van der Waals surface area contributed by atoms with Crippen molar-refractivity contribution in [1.29, 1.82) is 0 Å². The number of imidazole rings is 2. The molecule has 0 aliphatic heterocycles. The molecular formula is C18H20Cl4N8. The maximum absolute atomic E-state index is 6.22. The molecule has 3 aromatic heterocycles. The van der Waals surface area contributed by atoms with Gasteiger partial charge >= 0.3 is 0 Å². The number of nitrogens with two attached hydrogens (primary N) is 1. The molecule has 3 heterocycles. The monoisotopic (exact) mass is 488 g/mol. The Bertz CT molecular complexity index is 1170. The van der Waals surface area contributed by atoms with Gasteiger partial charge in [0.25, 0.3) is 0 Å². The van der Waals surface area contributed by atoms with E-state index in [1.165, 1.54) is 0 Å². The summed E-state index contributed by atoms with van der Waals surface area (Å²) in [5.74, 6) is 1.19. The number of rotatable bonds is 3. The highest BCUT2D eigenvalue weighted by molar-refractivity contribution is 6.42. The second kappa shape index (κ2) is 9.11. The first kappa shape index (κ1) is 22.8. The fraction of sp³-hybridized carbons (Fsp3) is 0.333. The smallest absolute Gasteiger partial charge is 0.227 e. The van der Waals surface area contributed by atoms with Gasteiger partial charge in [0.1, 0.15) is 11.8 Å². The molecule has 0 bridgehead atoms. The summed E-state index contributed by atoms with van der Waals surface area (Å²) in [5.41, 5.74) is 8.86. The molecule has 30 heavy (non-hydrogen) atoms. The highest BCUT2D eigenvalue weighted by Crippen LogP contribution is 2.30. The summed E-state index contributed by atoms with van der Waals surface area (Å²) in [5, 5.41) is 4.37. The minimum atomic E-state index is 0. The maximum Gasteiger partial charge on any atom is 0.227 e. The van der Waals surface area contributed by atoms with Crippen LogP contribution in [0.5, 0.6) is 0 Å². The number of aromatic amines is 1. The molecule has 8 nitrogen and oxygen atoms in total. The van der Waals surface area contributed by atoms with Crippen LogP contribution in [-0.4, -0.2) is 41.6 Å². The fourth-order valence-electron chi connectivity index (χ4n) is 3.68. The second-order valence-electron chi connectivity index (χ2n) is 7.10. The molecule has 1 saturated carbocycles. The van der Waals surface area contributed by atoms with Crippen molar-refractivity contribution in [2.75, 3.05) is 5.32 Å². The molecule has 12 heteroatoms. The van der Waals surface area contributed by atoms with Gasteiger partial charge in [-0.1, -0.05) is 23.2 Å². The Morgan fingerprint density at radius 3 is 2.53 bits per heavy atom. The fourth-order valence-corrected chi connectivity index (χ4v) is 3.99. The van der Waals surface area contributed by atoms with Crippen molar-refractivity contribution >= 4 is 76.2 Å². The summed E-state index contributed by atoms with van der Waals surface area (Å²) in [7, 11) is 0. The first-order valence-corrected chi connectivity index (χ1v) is 9.90. The zero-order valence-electron chi connectivity index (χ0n) is 15.7. The van der Waals surface area contributed by atoms with Gasteiger partial charge in [0, 0.05) is 12.1 Å². The van der Waals surface area contributed by atoms with E-state index in [0.29, 0.717) is 33.5 Å². The van der Waals surface area contributed by atoms with Crippen molar-refractivity contribution in [3.05, 3.63) is 34.8 Å². The summed E-state index contributed by atoms with van der Waals surface area (Å²) < 4.78 is 1.86. The average molecular weight is 490 g/mol. The van der Waals surface area contributed by atoms with Crippen molar-refractivity contribution in [2.24, 2.45) is 5.73 Å². The third kappa shape index (κ3) is 4.15. The van der Waals surface area contributed by atoms with Crippen LogP contribution in [-0.2, 0) is 0 Å². The molecule has 1 aliphatic carbocycles. The number of aromatic nitrogens is 6. The summed E-state index contributed by atoms with van der Waals surface area (Å²) in [6, 6.07) is 4.12. The quantitative estimate of drug-likeness (QED) is 0.390. The Balaban J connectivity index is 0.00000128. The first-order valence-electron chi connectivity index (χ1n) is 9.14. The molecule has 0 unspecified atom stereocenters. The maximum atomic E-state index is 6.22. The Hall–Kier alpha value is -1.84. The third-order valence-electron chi connectivity index (χ3n) is 5.19. The van der Waals surface area contributed by atoms with Gasteiger partial charge in [-0.05, 0) is 37.8 Å². The van der Waals surface area contributed by atoms with E-state index in [1.807, 2.05) is 4.57 Å². The zero-order valence-corrected chi connectivity index (χ0v) is 18.8. The van der Waals surface area contributed by atoms with Crippen molar-refractivity contribution in [3.63, 3.8) is 0 Å². The lowest BCUT2D eigenvalue weighted by atomic mass is 9.92. The van der Waals surface area contributed by atoms with Gasteiger partial charge < -0.3 is 16.0 Å². The van der Waals surface area contributed by atoms with Gasteiger partial charge in [0.2, 0.25) is 5.95 Å². The number of halogens is 4. The Kier molecular flexibility index (Phi) is 6.94. The topological polar surface area (TPSA) is 110 Å². The largest absolute Gasteiger partial charge is 0.351 e. The van der Waals surface area contributed by atoms with Gasteiger partial charge in [-0.25, -0.2) is 9.97 Å². The zero-order chi connectivity index (χ0) is 19.3. The molecule has 1 aliphatic rings. The normalized spacial score (nSPS) is 18.8. The molecule has 0 saturated heterocycles. The Labute approximate surface area is 194 Å². The van der Waals surface area contributed by atoms with Crippen LogP contribution in [0, 0.1) is 0 Å². The lowest BCUT2D eigenvalue weighted by Crippen LogP contribution is -2.33. The highest BCUT2D eigenvalue weighted by Gasteiger charge is 2.21. The number of nitrogens with zero attached hydrogens (tertiary/aromatic N) is 5. The van der Waals surface area contributed by atoms with Crippen LogP contribution in [0.4, 0.5) is 5.95 Å². The first-order chi connectivity index (χ1) is 13.6. The molecule has 1 aromatic carbocycles. The number of fused-ring (bicyclic) bond motifs is 2. The molecule has 4 aromatic rings. The lowest BCUT2D eigenvalue weighted by molar-refractivity contribution is 0.410. The molecule has 4 N–H and O–H groups in total. The molecule has 0 atom stereocenters. The van der Waals surface area contributed by atoms with Crippen LogP contribution in [0.2, 0.25) is 10.0 Å². The Morgan fingerprint density at radius 1 is 1.03 bits per heavy atom. The summed E-state index contributed by atoms with van der Waals surface area (Å²) in [4.78, 5) is 21.2. The Morgan fingerprint density at radius 2 is 1.77 bits per heavy atom. The van der Waals surface area contributed by atoms with Crippen LogP contribution in [0.25, 0.3) is 28.0 Å². The molecule has 0 radical (unpaired) electrons. The van der Waals surface area contributed by atoms with E-state index in [2.05, 4.69) is 25.3 Å². The minimum Gasteiger partial charge on any atom is -0.351 e. The number of benzene rings is 1. The highest BCUT2D eigenvalue weighted by atomic mass is 35.5. The predicted octanol–water partition coefficient (Wildman–Crippen LogP) is 4.52. The van der Waals surface area contributed by atoms with E-state index in [0.717, 1.165) is 42.2 Å². The summed E-state index contributed by atoms with van der Waals surface area (Å²) >= 11 is 12.3. The standard InChI is InChI=1S/C18H18Cl2N8.2ClH/c19-11-5-13-14(6-12(11)20)28(8-24-13)17-15-16(23-7-22-15)26-18(27-17)25-10-3-1-9(21)2-4-10;;/h5-10H,1-4,21H2,(H2,22,23,25,26,27);2*1H.